The van der Waals surface area contributed by atoms with Gasteiger partial charge in [0.25, 0.3) is 0 Å². The van der Waals surface area contributed by atoms with Crippen LogP contribution in [-0.2, 0) is 6.54 Å². The molecule has 1 aliphatic rings. The fourth-order valence-corrected chi connectivity index (χ4v) is 3.09. The monoisotopic (exact) mass is 280 g/mol. The highest BCUT2D eigenvalue weighted by molar-refractivity contribution is 5.59. The summed E-state index contributed by atoms with van der Waals surface area (Å²) >= 11 is 0. The Bertz CT molecular complexity index is 484. The van der Waals surface area contributed by atoms with E-state index in [1.807, 2.05) is 6.92 Å². The van der Waals surface area contributed by atoms with Gasteiger partial charge in [0.15, 0.2) is 0 Å². The van der Waals surface area contributed by atoms with Crippen molar-refractivity contribution in [2.45, 2.75) is 53.0 Å². The van der Waals surface area contributed by atoms with Gasteiger partial charge in [0.2, 0.25) is 5.82 Å². The highest BCUT2D eigenvalue weighted by Crippen LogP contribution is 2.32. The number of hydrogen-bond donors (Lipinski definition) is 1. The van der Waals surface area contributed by atoms with Crippen LogP contribution in [0.2, 0.25) is 0 Å². The molecule has 2 unspecified atom stereocenters. The standard InChI is InChI=1S/C14H24N4O2/c1-4-7-17-14(13(18(19)20)11(3)16-17)15-9-12-6-5-10(2)8-12/h10,12,15H,4-9H2,1-3H3. The first kappa shape index (κ1) is 14.8. The van der Waals surface area contributed by atoms with Crippen molar-refractivity contribution < 1.29 is 4.92 Å². The maximum atomic E-state index is 11.2. The summed E-state index contributed by atoms with van der Waals surface area (Å²) in [5.74, 6) is 1.97. The summed E-state index contributed by atoms with van der Waals surface area (Å²) in [5.41, 5.74) is 0.621. The lowest BCUT2D eigenvalue weighted by Crippen LogP contribution is -2.15. The third-order valence-electron chi connectivity index (χ3n) is 4.08. The van der Waals surface area contributed by atoms with E-state index >= 15 is 0 Å². The van der Waals surface area contributed by atoms with Crippen LogP contribution >= 0.6 is 0 Å². The van der Waals surface area contributed by atoms with Gasteiger partial charge in [-0.3, -0.25) is 10.1 Å². The third-order valence-corrected chi connectivity index (χ3v) is 4.08. The molecule has 0 spiro atoms. The molecule has 0 bridgehead atoms. The van der Waals surface area contributed by atoms with Gasteiger partial charge in [0.05, 0.1) is 4.92 Å². The molecule has 112 valence electrons. The van der Waals surface area contributed by atoms with Crippen molar-refractivity contribution in [3.8, 4) is 0 Å². The molecule has 6 nitrogen and oxygen atoms in total. The molecule has 1 aromatic heterocycles. The average molecular weight is 280 g/mol. The second-order valence-electron chi connectivity index (χ2n) is 5.93. The fourth-order valence-electron chi connectivity index (χ4n) is 3.09. The van der Waals surface area contributed by atoms with Crippen molar-refractivity contribution in [1.29, 1.82) is 0 Å². The molecular weight excluding hydrogens is 256 g/mol. The minimum atomic E-state index is -0.325. The number of nitrogens with zero attached hydrogens (tertiary/aromatic N) is 3. The Morgan fingerprint density at radius 3 is 2.80 bits per heavy atom. The summed E-state index contributed by atoms with van der Waals surface area (Å²) in [6.45, 7) is 7.53. The van der Waals surface area contributed by atoms with Crippen LogP contribution in [0, 0.1) is 28.9 Å². The zero-order valence-corrected chi connectivity index (χ0v) is 12.6. The van der Waals surface area contributed by atoms with Crippen LogP contribution in [0.5, 0.6) is 0 Å². The van der Waals surface area contributed by atoms with Crippen molar-refractivity contribution in [2.24, 2.45) is 11.8 Å². The van der Waals surface area contributed by atoms with Gasteiger partial charge in [-0.1, -0.05) is 20.3 Å². The van der Waals surface area contributed by atoms with E-state index in [1.165, 1.54) is 19.3 Å². The molecule has 1 fully saturated rings. The summed E-state index contributed by atoms with van der Waals surface area (Å²) in [7, 11) is 0. The first-order valence-corrected chi connectivity index (χ1v) is 7.48. The van der Waals surface area contributed by atoms with E-state index in [9.17, 15) is 10.1 Å². The van der Waals surface area contributed by atoms with Crippen molar-refractivity contribution in [3.05, 3.63) is 15.8 Å². The Hall–Kier alpha value is -1.59. The minimum absolute atomic E-state index is 0.129. The Kier molecular flexibility index (Phi) is 4.62. The Balaban J connectivity index is 2.13. The lowest BCUT2D eigenvalue weighted by molar-refractivity contribution is -0.384. The summed E-state index contributed by atoms with van der Waals surface area (Å²) in [5, 5.41) is 18.8. The van der Waals surface area contributed by atoms with E-state index < -0.39 is 0 Å². The van der Waals surface area contributed by atoms with Crippen molar-refractivity contribution in [3.63, 3.8) is 0 Å². The molecule has 1 aromatic rings. The van der Waals surface area contributed by atoms with Gasteiger partial charge in [0, 0.05) is 13.1 Å². The van der Waals surface area contributed by atoms with Crippen LogP contribution in [0.15, 0.2) is 0 Å². The molecule has 2 atom stereocenters. The topological polar surface area (TPSA) is 73.0 Å². The SMILES string of the molecule is CCCn1nc(C)c([N+](=O)[O-])c1NCC1CCC(C)C1. The second-order valence-corrected chi connectivity index (χ2v) is 5.93. The Labute approximate surface area is 119 Å². The number of rotatable bonds is 6. The molecule has 0 amide bonds. The predicted octanol–water partition coefficient (Wildman–Crippen LogP) is 3.36. The number of hydrogen-bond acceptors (Lipinski definition) is 4. The third kappa shape index (κ3) is 3.11. The number of nitro groups is 1. The molecule has 0 radical (unpaired) electrons. The second kappa shape index (κ2) is 6.24. The van der Waals surface area contributed by atoms with E-state index in [4.69, 9.17) is 0 Å². The Morgan fingerprint density at radius 1 is 1.50 bits per heavy atom. The maximum Gasteiger partial charge on any atom is 0.333 e. The van der Waals surface area contributed by atoms with Crippen molar-refractivity contribution in [2.75, 3.05) is 11.9 Å². The largest absolute Gasteiger partial charge is 0.364 e. The molecule has 0 aliphatic heterocycles. The maximum absolute atomic E-state index is 11.2. The highest BCUT2D eigenvalue weighted by atomic mass is 16.6. The first-order chi connectivity index (χ1) is 9.52. The summed E-state index contributed by atoms with van der Waals surface area (Å²) in [6.07, 6.45) is 4.60. The van der Waals surface area contributed by atoms with Crippen LogP contribution in [0.4, 0.5) is 11.5 Å². The van der Waals surface area contributed by atoms with E-state index in [0.29, 0.717) is 24.0 Å². The van der Waals surface area contributed by atoms with Gasteiger partial charge in [-0.05, 0) is 38.0 Å². The predicted molar refractivity (Wildman–Crippen MR) is 78.9 cm³/mol. The molecule has 0 saturated heterocycles. The van der Waals surface area contributed by atoms with Crippen molar-refractivity contribution >= 4 is 11.5 Å². The van der Waals surface area contributed by atoms with Crippen LogP contribution in [-0.4, -0.2) is 21.2 Å². The quantitative estimate of drug-likeness (QED) is 0.640. The normalized spacial score (nSPS) is 22.1. The first-order valence-electron chi connectivity index (χ1n) is 7.48. The number of aromatic nitrogens is 2. The average Bonchev–Trinajstić information content (AvgIpc) is 2.91. The molecule has 1 saturated carbocycles. The molecule has 1 aliphatic carbocycles. The molecule has 6 heteroatoms. The molecule has 2 rings (SSSR count). The molecule has 1 N–H and O–H groups in total. The van der Waals surface area contributed by atoms with Gasteiger partial charge in [-0.2, -0.15) is 5.10 Å². The van der Waals surface area contributed by atoms with Gasteiger partial charge in [-0.15, -0.1) is 0 Å². The zero-order valence-electron chi connectivity index (χ0n) is 12.6. The van der Waals surface area contributed by atoms with Crippen LogP contribution in [0.1, 0.15) is 45.2 Å². The number of aryl methyl sites for hydroxylation is 2. The van der Waals surface area contributed by atoms with Gasteiger partial charge >= 0.3 is 5.69 Å². The van der Waals surface area contributed by atoms with E-state index in [1.54, 1.807) is 11.6 Å². The van der Waals surface area contributed by atoms with Gasteiger partial charge < -0.3 is 5.32 Å². The smallest absolute Gasteiger partial charge is 0.333 e. The van der Waals surface area contributed by atoms with E-state index in [-0.39, 0.29) is 10.6 Å². The van der Waals surface area contributed by atoms with Crippen molar-refractivity contribution in [1.82, 2.24) is 9.78 Å². The van der Waals surface area contributed by atoms with E-state index in [0.717, 1.165) is 18.9 Å². The summed E-state index contributed by atoms with van der Waals surface area (Å²) < 4.78 is 1.74. The highest BCUT2D eigenvalue weighted by Gasteiger charge is 2.27. The molecule has 1 heterocycles. The minimum Gasteiger partial charge on any atom is -0.364 e. The lowest BCUT2D eigenvalue weighted by Gasteiger charge is -2.13. The van der Waals surface area contributed by atoms with Gasteiger partial charge in [0.1, 0.15) is 5.69 Å². The van der Waals surface area contributed by atoms with Gasteiger partial charge in [-0.25, -0.2) is 4.68 Å². The Morgan fingerprint density at radius 2 is 2.25 bits per heavy atom. The van der Waals surface area contributed by atoms with Crippen LogP contribution in [0.3, 0.4) is 0 Å². The van der Waals surface area contributed by atoms with Crippen LogP contribution < -0.4 is 5.32 Å². The summed E-state index contributed by atoms with van der Waals surface area (Å²) in [6, 6.07) is 0. The van der Waals surface area contributed by atoms with E-state index in [2.05, 4.69) is 17.3 Å². The van der Waals surface area contributed by atoms with Crippen LogP contribution in [0.25, 0.3) is 0 Å². The lowest BCUT2D eigenvalue weighted by atomic mass is 10.1. The molecule has 0 aromatic carbocycles. The number of anilines is 1. The zero-order chi connectivity index (χ0) is 14.7. The molecule has 20 heavy (non-hydrogen) atoms. The number of nitrogens with one attached hydrogen (secondary N) is 1. The molecular formula is C14H24N4O2. The fraction of sp³-hybridized carbons (Fsp3) is 0.786. The summed E-state index contributed by atoms with van der Waals surface area (Å²) in [4.78, 5) is 10.9.